The highest BCUT2D eigenvalue weighted by molar-refractivity contribution is 5.72. The van der Waals surface area contributed by atoms with Crippen molar-refractivity contribution < 1.29 is 58.6 Å². The molecule has 0 bridgehead atoms. The smallest absolute Gasteiger partial charge is 0.306 e. The Labute approximate surface area is 525 Å². The van der Waals surface area contributed by atoms with Gasteiger partial charge in [-0.25, -0.2) is 0 Å². The van der Waals surface area contributed by atoms with Gasteiger partial charge in [0.05, 0.1) is 5.60 Å². The second-order valence-electron chi connectivity index (χ2n) is 34.3. The van der Waals surface area contributed by atoms with Gasteiger partial charge in [-0.15, -0.1) is 0 Å². The third kappa shape index (κ3) is 19.3. The first-order chi connectivity index (χ1) is 39.1. The quantitative estimate of drug-likeness (QED) is 0.0727. The standard InChI is InChI=1S/C75H116O12/c1-65(2,3)51-35-47(36-52(62(51)80)66(4,5)6)27-31-58(76)84-43-75(44-85-59(77)32-28-48-37-53(67(7,8)9)63(81)54(38-48)68(10,11)12,45-86-60(78)33-29-49-40-56(70(16,17)18)74(26,83)57(41-49)71(19,20)21)46-87-61(79)34-30-50-39-55(69(13,14)15)64(82)73(25,42-50)72(22,23)24/h35-41,56,80-83H,27-34,42-46H2,1-26H3. The van der Waals surface area contributed by atoms with E-state index in [9.17, 15) is 39.6 Å². The van der Waals surface area contributed by atoms with Gasteiger partial charge in [-0.1, -0.05) is 227 Å². The van der Waals surface area contributed by atoms with Crippen molar-refractivity contribution in [2.24, 2.45) is 38.4 Å². The molecule has 2 aromatic rings. The maximum Gasteiger partial charge on any atom is 0.306 e. The molecular formula is C75H116O12. The van der Waals surface area contributed by atoms with Crippen LogP contribution in [0.15, 0.2) is 70.5 Å². The van der Waals surface area contributed by atoms with E-state index < -0.39 is 88.4 Å². The molecule has 0 aromatic heterocycles. The molecule has 0 heterocycles. The van der Waals surface area contributed by atoms with Crippen LogP contribution in [0.4, 0.5) is 0 Å². The molecule has 12 nitrogen and oxygen atoms in total. The van der Waals surface area contributed by atoms with Crippen molar-refractivity contribution in [2.45, 2.75) is 265 Å². The van der Waals surface area contributed by atoms with Crippen LogP contribution >= 0.6 is 0 Å². The average molecular weight is 1210 g/mol. The number of aliphatic hydroxyl groups excluding tert-OH is 1. The number of aryl methyl sites for hydroxylation is 2. The highest BCUT2D eigenvalue weighted by Gasteiger charge is 2.48. The van der Waals surface area contributed by atoms with Crippen molar-refractivity contribution >= 4 is 23.9 Å². The van der Waals surface area contributed by atoms with Gasteiger partial charge in [0.15, 0.2) is 0 Å². The number of esters is 4. The summed E-state index contributed by atoms with van der Waals surface area (Å²) in [6.45, 7) is 51.4. The predicted octanol–water partition coefficient (Wildman–Crippen LogP) is 17.1. The fraction of sp³-hybridized carbons (Fsp3) is 0.680. The number of hydrogen-bond donors (Lipinski definition) is 4. The molecule has 4 rings (SSSR count). The number of phenolic OH excluding ortho intramolecular Hbond substituents is 2. The number of benzene rings is 2. The lowest BCUT2D eigenvalue weighted by atomic mass is 9.59. The van der Waals surface area contributed by atoms with Crippen LogP contribution in [-0.2, 0) is 72.6 Å². The summed E-state index contributed by atoms with van der Waals surface area (Å²) in [5, 5.41) is 46.7. The lowest BCUT2D eigenvalue weighted by Crippen LogP contribution is -2.47. The Bertz CT molecular complexity index is 2780. The van der Waals surface area contributed by atoms with E-state index in [4.69, 9.17) is 18.9 Å². The molecule has 87 heavy (non-hydrogen) atoms. The average Bonchev–Trinajstić information content (AvgIpc) is 0.797. The van der Waals surface area contributed by atoms with E-state index in [1.54, 1.807) is 0 Å². The van der Waals surface area contributed by atoms with Gasteiger partial charge in [-0.2, -0.15) is 0 Å². The number of hydrogen-bond acceptors (Lipinski definition) is 12. The molecule has 0 fully saturated rings. The molecule has 0 spiro atoms. The summed E-state index contributed by atoms with van der Waals surface area (Å²) in [6.07, 6.45) is 7.60. The Morgan fingerprint density at radius 1 is 0.471 bits per heavy atom. The molecule has 0 amide bonds. The second kappa shape index (κ2) is 26.6. The number of ether oxygens (including phenoxy) is 4. The predicted molar refractivity (Wildman–Crippen MR) is 351 cm³/mol. The van der Waals surface area contributed by atoms with E-state index in [1.165, 1.54) is 0 Å². The minimum atomic E-state index is -1.58. The zero-order chi connectivity index (χ0) is 66.9. The Hall–Kier alpha value is -5.36. The molecule has 12 heteroatoms. The first-order valence-electron chi connectivity index (χ1n) is 31.8. The van der Waals surface area contributed by atoms with Gasteiger partial charge in [0.25, 0.3) is 0 Å². The first-order valence-corrected chi connectivity index (χ1v) is 31.8. The van der Waals surface area contributed by atoms with Gasteiger partial charge in [0.2, 0.25) is 0 Å². The molecule has 0 saturated heterocycles. The summed E-state index contributed by atoms with van der Waals surface area (Å²) < 4.78 is 24.6. The highest BCUT2D eigenvalue weighted by Crippen LogP contribution is 2.55. The minimum Gasteiger partial charge on any atom is -0.511 e. The number of aliphatic hydroxyl groups is 2. The highest BCUT2D eigenvalue weighted by atomic mass is 16.6. The Morgan fingerprint density at radius 3 is 1.10 bits per heavy atom. The lowest BCUT2D eigenvalue weighted by Gasteiger charge is -2.47. The van der Waals surface area contributed by atoms with Gasteiger partial charge in [0.1, 0.15) is 49.1 Å². The molecule has 3 atom stereocenters. The first kappa shape index (κ1) is 74.1. The summed E-state index contributed by atoms with van der Waals surface area (Å²) in [7, 11) is 0. The maximum absolute atomic E-state index is 14.2. The SMILES string of the molecule is CC(C)(C)C1=CC(CCC(=O)OCC(COC(=O)CCC2=CC(C(C)(C)C)=C(O)C(C)(C(C)(C)C)C2)(COC(=O)CCc2cc(C(C)(C)C)c(O)c(C(C)(C)C)c2)COC(=O)CCc2cc(C(C)(C)C)c(O)c(C(C)(C)C)c2)=CC(C(C)(C)C)C1(C)O. The molecule has 0 radical (unpaired) electrons. The zero-order valence-electron chi connectivity index (χ0n) is 58.9. The van der Waals surface area contributed by atoms with Crippen LogP contribution in [0.2, 0.25) is 0 Å². The van der Waals surface area contributed by atoms with Crippen molar-refractivity contribution in [3.05, 3.63) is 104 Å². The summed E-state index contributed by atoms with van der Waals surface area (Å²) in [6, 6.07) is 7.71. The zero-order valence-corrected chi connectivity index (χ0v) is 58.9. The number of carbonyl (C=O) groups excluding carboxylic acids is 4. The molecule has 4 N–H and O–H groups in total. The van der Waals surface area contributed by atoms with E-state index in [0.29, 0.717) is 25.0 Å². The molecule has 0 saturated carbocycles. The van der Waals surface area contributed by atoms with E-state index in [2.05, 4.69) is 96.1 Å². The summed E-state index contributed by atoms with van der Waals surface area (Å²) in [5.41, 5.74) is 1.97. The summed E-state index contributed by atoms with van der Waals surface area (Å²) in [5.74, 6) is -1.78. The monoisotopic (exact) mass is 1210 g/mol. The topological polar surface area (TPSA) is 186 Å². The van der Waals surface area contributed by atoms with Crippen molar-refractivity contribution in [3.8, 4) is 11.5 Å². The van der Waals surface area contributed by atoms with Crippen LogP contribution in [0.5, 0.6) is 11.5 Å². The molecule has 2 aliphatic rings. The molecule has 0 aliphatic heterocycles. The molecule has 2 aliphatic carbocycles. The van der Waals surface area contributed by atoms with Gasteiger partial charge in [0, 0.05) is 37.0 Å². The fourth-order valence-corrected chi connectivity index (χ4v) is 12.1. The van der Waals surface area contributed by atoms with Crippen LogP contribution in [0, 0.1) is 38.4 Å². The van der Waals surface area contributed by atoms with E-state index in [1.807, 2.05) is 126 Å². The molecule has 3 unspecified atom stereocenters. The van der Waals surface area contributed by atoms with E-state index in [-0.39, 0.29) is 77.6 Å². The maximum atomic E-state index is 14.2. The van der Waals surface area contributed by atoms with Crippen LogP contribution in [0.25, 0.3) is 0 Å². The van der Waals surface area contributed by atoms with Crippen LogP contribution < -0.4 is 0 Å². The summed E-state index contributed by atoms with van der Waals surface area (Å²) in [4.78, 5) is 56.7. The third-order valence-electron chi connectivity index (χ3n) is 18.0. The molecule has 488 valence electrons. The van der Waals surface area contributed by atoms with Crippen molar-refractivity contribution in [1.82, 2.24) is 0 Å². The van der Waals surface area contributed by atoms with Gasteiger partial charge < -0.3 is 39.4 Å². The number of aromatic hydroxyl groups is 2. The van der Waals surface area contributed by atoms with E-state index in [0.717, 1.165) is 55.7 Å². The van der Waals surface area contributed by atoms with Gasteiger partial charge >= 0.3 is 23.9 Å². The molecular weight excluding hydrogens is 1090 g/mol. The lowest BCUT2D eigenvalue weighted by molar-refractivity contribution is -0.170. The third-order valence-corrected chi connectivity index (χ3v) is 18.0. The minimum absolute atomic E-state index is 0.0270. The second-order valence-corrected chi connectivity index (χ2v) is 34.3. The number of carbonyl (C=O) groups is 4. The van der Waals surface area contributed by atoms with Crippen LogP contribution in [0.3, 0.4) is 0 Å². The van der Waals surface area contributed by atoms with Crippen LogP contribution in [-0.4, -0.2) is 76.3 Å². The number of rotatable bonds is 20. The fourth-order valence-electron chi connectivity index (χ4n) is 12.1. The van der Waals surface area contributed by atoms with E-state index >= 15 is 0 Å². The van der Waals surface area contributed by atoms with Gasteiger partial charge in [-0.3, -0.25) is 19.2 Å². The van der Waals surface area contributed by atoms with Gasteiger partial charge in [-0.05, 0) is 127 Å². The van der Waals surface area contributed by atoms with Crippen LogP contribution in [0.1, 0.15) is 258 Å². The van der Waals surface area contributed by atoms with Crippen molar-refractivity contribution in [1.29, 1.82) is 0 Å². The Morgan fingerprint density at radius 2 is 0.805 bits per heavy atom. The Balaban J connectivity index is 1.77. The normalized spacial score (nSPS) is 19.5. The van der Waals surface area contributed by atoms with Crippen molar-refractivity contribution in [2.75, 3.05) is 26.4 Å². The van der Waals surface area contributed by atoms with Crippen molar-refractivity contribution in [3.63, 3.8) is 0 Å². The Kier molecular flexibility index (Phi) is 22.7. The largest absolute Gasteiger partial charge is 0.511 e. The summed E-state index contributed by atoms with van der Waals surface area (Å²) >= 11 is 0. The number of allylic oxidation sites excluding steroid dienone is 6. The molecule has 2 aromatic carbocycles. The number of phenols is 2.